The summed E-state index contributed by atoms with van der Waals surface area (Å²) in [7, 11) is -3.71. The van der Waals surface area contributed by atoms with Crippen molar-refractivity contribution in [2.75, 3.05) is 5.32 Å². The van der Waals surface area contributed by atoms with Gasteiger partial charge in [-0.15, -0.1) is 0 Å². The van der Waals surface area contributed by atoms with Crippen LogP contribution in [0.25, 0.3) is 0 Å². The topological polar surface area (TPSA) is 120 Å². The van der Waals surface area contributed by atoms with Gasteiger partial charge in [0.25, 0.3) is 0 Å². The smallest absolute Gasteiger partial charge is 0.238 e. The zero-order valence-corrected chi connectivity index (χ0v) is 19.0. The summed E-state index contributed by atoms with van der Waals surface area (Å²) in [6.45, 7) is 4.30. The highest BCUT2D eigenvalue weighted by molar-refractivity contribution is 7.89. The predicted molar refractivity (Wildman–Crippen MR) is 120 cm³/mol. The molecular formula is C21H25N5O3S2. The molecule has 0 aliphatic heterocycles. The van der Waals surface area contributed by atoms with Gasteiger partial charge < -0.3 is 10.1 Å². The van der Waals surface area contributed by atoms with E-state index in [1.165, 1.54) is 29.2 Å². The molecule has 1 fully saturated rings. The highest BCUT2D eigenvalue weighted by atomic mass is 32.2. The van der Waals surface area contributed by atoms with Crippen LogP contribution in [0.4, 0.5) is 11.6 Å². The number of hydrogen-bond acceptors (Lipinski definition) is 8. The van der Waals surface area contributed by atoms with Gasteiger partial charge in [-0.05, 0) is 72.5 Å². The first-order valence-electron chi connectivity index (χ1n) is 10.1. The number of rotatable bonds is 7. The van der Waals surface area contributed by atoms with E-state index in [0.717, 1.165) is 30.7 Å². The molecule has 8 nitrogen and oxygen atoms in total. The second-order valence-electron chi connectivity index (χ2n) is 8.01. The Balaban J connectivity index is 1.36. The highest BCUT2D eigenvalue weighted by Crippen LogP contribution is 2.37. The molecule has 3 N–H and O–H groups in total. The lowest BCUT2D eigenvalue weighted by Crippen LogP contribution is -2.13. The number of anilines is 2. The molecule has 1 aliphatic carbocycles. The van der Waals surface area contributed by atoms with Crippen LogP contribution in [0.1, 0.15) is 56.1 Å². The molecule has 0 bridgehead atoms. The van der Waals surface area contributed by atoms with Crippen LogP contribution in [0.2, 0.25) is 0 Å². The minimum absolute atomic E-state index is 0.0606. The molecule has 2 aromatic heterocycles. The lowest BCUT2D eigenvalue weighted by Gasteiger charge is -2.15. The van der Waals surface area contributed by atoms with E-state index in [4.69, 9.17) is 9.88 Å². The van der Waals surface area contributed by atoms with Crippen molar-refractivity contribution in [2.24, 2.45) is 5.14 Å². The first kappa shape index (κ1) is 21.7. The molecule has 0 saturated heterocycles. The summed E-state index contributed by atoms with van der Waals surface area (Å²) >= 11 is 1.44. The zero-order chi connectivity index (χ0) is 22.0. The fraction of sp³-hybridized carbons (Fsp3) is 0.381. The molecule has 10 heteroatoms. The average molecular weight is 460 g/mol. The first-order chi connectivity index (χ1) is 14.8. The minimum atomic E-state index is -3.71. The van der Waals surface area contributed by atoms with Crippen LogP contribution in [0.5, 0.6) is 5.88 Å². The van der Waals surface area contributed by atoms with Crippen LogP contribution in [-0.2, 0) is 10.0 Å². The predicted octanol–water partition coefficient (Wildman–Crippen LogP) is 4.16. The van der Waals surface area contributed by atoms with E-state index in [2.05, 4.69) is 38.9 Å². The van der Waals surface area contributed by atoms with Crippen molar-refractivity contribution >= 4 is 33.2 Å². The van der Waals surface area contributed by atoms with Gasteiger partial charge in [0.2, 0.25) is 21.9 Å². The Labute approximate surface area is 186 Å². The van der Waals surface area contributed by atoms with Crippen molar-refractivity contribution in [3.8, 4) is 5.88 Å². The van der Waals surface area contributed by atoms with E-state index >= 15 is 0 Å². The summed E-state index contributed by atoms with van der Waals surface area (Å²) in [5.41, 5.74) is 2.94. The van der Waals surface area contributed by atoms with E-state index < -0.39 is 10.0 Å². The molecule has 0 spiro atoms. The Morgan fingerprint density at radius 1 is 1.16 bits per heavy atom. The second-order valence-corrected chi connectivity index (χ2v) is 10.2. The van der Waals surface area contributed by atoms with Gasteiger partial charge in [0, 0.05) is 29.0 Å². The maximum Gasteiger partial charge on any atom is 0.238 e. The van der Waals surface area contributed by atoms with Gasteiger partial charge in [0.1, 0.15) is 6.10 Å². The quantitative estimate of drug-likeness (QED) is 0.544. The summed E-state index contributed by atoms with van der Waals surface area (Å²) in [6, 6.07) is 6.13. The molecule has 0 radical (unpaired) electrons. The Morgan fingerprint density at radius 2 is 1.87 bits per heavy atom. The summed E-state index contributed by atoms with van der Waals surface area (Å²) in [5.74, 6) is 1.97. The van der Waals surface area contributed by atoms with Gasteiger partial charge in [-0.1, -0.05) is 13.8 Å². The van der Waals surface area contributed by atoms with Crippen LogP contribution in [0.3, 0.4) is 0 Å². The van der Waals surface area contributed by atoms with E-state index in [1.54, 1.807) is 12.1 Å². The highest BCUT2D eigenvalue weighted by Gasteiger charge is 2.29. The Bertz CT molecular complexity index is 1130. The SMILES string of the molecule is CC(C)c1csnc1O[C@@H]1CC[C@H](c2cnc(Nc3ccc(S(N)(=O)=O)cc3)nc2)C1. The van der Waals surface area contributed by atoms with Gasteiger partial charge in [0.05, 0.1) is 4.90 Å². The molecule has 0 unspecified atom stereocenters. The molecule has 1 aliphatic rings. The van der Waals surface area contributed by atoms with Crippen LogP contribution < -0.4 is 15.2 Å². The fourth-order valence-corrected chi connectivity index (χ4v) is 4.98. The molecular weight excluding hydrogens is 434 g/mol. The van der Waals surface area contributed by atoms with E-state index in [0.29, 0.717) is 23.5 Å². The summed E-state index contributed by atoms with van der Waals surface area (Å²) in [6.07, 6.45) is 6.75. The number of sulfonamides is 1. The molecule has 4 rings (SSSR count). The van der Waals surface area contributed by atoms with Crippen molar-refractivity contribution in [2.45, 2.75) is 55.9 Å². The average Bonchev–Trinajstić information content (AvgIpc) is 3.38. The zero-order valence-electron chi connectivity index (χ0n) is 17.4. The fourth-order valence-electron chi connectivity index (χ4n) is 3.68. The van der Waals surface area contributed by atoms with Crippen molar-refractivity contribution in [1.82, 2.24) is 14.3 Å². The van der Waals surface area contributed by atoms with Crippen molar-refractivity contribution in [3.63, 3.8) is 0 Å². The third kappa shape index (κ3) is 5.20. The number of ether oxygens (including phenoxy) is 1. The maximum absolute atomic E-state index is 11.3. The van der Waals surface area contributed by atoms with Gasteiger partial charge in [-0.3, -0.25) is 0 Å². The molecule has 1 saturated carbocycles. The van der Waals surface area contributed by atoms with Gasteiger partial charge in [0.15, 0.2) is 0 Å². The molecule has 0 amide bonds. The Hall–Kier alpha value is -2.56. The monoisotopic (exact) mass is 459 g/mol. The Morgan fingerprint density at radius 3 is 2.52 bits per heavy atom. The maximum atomic E-state index is 11.3. The van der Waals surface area contributed by atoms with Crippen LogP contribution in [-0.4, -0.2) is 28.9 Å². The summed E-state index contributed by atoms with van der Waals surface area (Å²) < 4.78 is 33.3. The van der Waals surface area contributed by atoms with E-state index in [1.807, 2.05) is 12.4 Å². The third-order valence-electron chi connectivity index (χ3n) is 5.43. The van der Waals surface area contributed by atoms with Gasteiger partial charge in [-0.25, -0.2) is 23.5 Å². The summed E-state index contributed by atoms with van der Waals surface area (Å²) in [4.78, 5) is 8.88. The lowest BCUT2D eigenvalue weighted by atomic mass is 10.0. The van der Waals surface area contributed by atoms with Crippen molar-refractivity contribution < 1.29 is 13.2 Å². The lowest BCUT2D eigenvalue weighted by molar-refractivity contribution is 0.199. The number of primary sulfonamides is 1. The third-order valence-corrected chi connectivity index (χ3v) is 6.99. The van der Waals surface area contributed by atoms with Crippen molar-refractivity contribution in [1.29, 1.82) is 0 Å². The molecule has 2 heterocycles. The molecule has 1 aromatic carbocycles. The molecule has 164 valence electrons. The molecule has 2 atom stereocenters. The normalized spacial score (nSPS) is 19.0. The number of nitrogens with two attached hydrogens (primary N) is 1. The van der Waals surface area contributed by atoms with Crippen LogP contribution in [0.15, 0.2) is 46.9 Å². The standard InChI is InChI=1S/C21H25N5O3S2/c1-13(2)19-12-30-26-20(19)29-17-6-3-14(9-17)15-10-23-21(24-11-15)25-16-4-7-18(8-5-16)31(22,27)28/h4-5,7-8,10-14,17H,3,6,9H2,1-2H3,(H2,22,27,28)(H,23,24,25)/t14-,17+/m0/s1. The van der Waals surface area contributed by atoms with E-state index in [-0.39, 0.29) is 11.0 Å². The first-order valence-corrected chi connectivity index (χ1v) is 12.5. The largest absolute Gasteiger partial charge is 0.474 e. The summed E-state index contributed by atoms with van der Waals surface area (Å²) in [5, 5.41) is 10.2. The van der Waals surface area contributed by atoms with Crippen LogP contribution in [0, 0.1) is 0 Å². The van der Waals surface area contributed by atoms with Crippen LogP contribution >= 0.6 is 11.5 Å². The number of nitrogens with zero attached hydrogens (tertiary/aromatic N) is 3. The minimum Gasteiger partial charge on any atom is -0.474 e. The second kappa shape index (κ2) is 8.89. The van der Waals surface area contributed by atoms with Gasteiger partial charge >= 0.3 is 0 Å². The molecule has 3 aromatic rings. The number of hydrogen-bond donors (Lipinski definition) is 2. The van der Waals surface area contributed by atoms with Crippen molar-refractivity contribution in [3.05, 3.63) is 53.2 Å². The van der Waals surface area contributed by atoms with Gasteiger partial charge in [-0.2, -0.15) is 4.37 Å². The number of benzene rings is 1. The number of aromatic nitrogens is 3. The van der Waals surface area contributed by atoms with E-state index in [9.17, 15) is 8.42 Å². The Kier molecular flexibility index (Phi) is 6.22. The molecule has 31 heavy (non-hydrogen) atoms. The number of nitrogens with one attached hydrogen (secondary N) is 1.